The highest BCUT2D eigenvalue weighted by molar-refractivity contribution is 9.10. The molecular weight excluding hydrogens is 584 g/mol. The number of hydrogen-bond acceptors (Lipinski definition) is 6. The number of halogens is 1. The van der Waals surface area contributed by atoms with Gasteiger partial charge in [0.25, 0.3) is 0 Å². The zero-order chi connectivity index (χ0) is 28.7. The lowest BCUT2D eigenvalue weighted by Crippen LogP contribution is -2.31. The number of rotatable bonds is 6. The van der Waals surface area contributed by atoms with E-state index in [-0.39, 0.29) is 40.9 Å². The van der Waals surface area contributed by atoms with Crippen molar-refractivity contribution in [2.24, 2.45) is 17.8 Å². The molecule has 8 heteroatoms. The van der Waals surface area contributed by atoms with E-state index >= 15 is 0 Å². The van der Waals surface area contributed by atoms with Crippen molar-refractivity contribution in [1.29, 1.82) is 0 Å². The van der Waals surface area contributed by atoms with E-state index < -0.39 is 12.6 Å². The Balaban J connectivity index is 1.29. The predicted octanol–water partition coefficient (Wildman–Crippen LogP) is 6.41. The molecule has 0 spiro atoms. The summed E-state index contributed by atoms with van der Waals surface area (Å²) >= 11 is 3.45. The van der Waals surface area contributed by atoms with E-state index in [9.17, 15) is 19.2 Å². The summed E-state index contributed by atoms with van der Waals surface area (Å²) < 4.78 is 6.20. The molecule has 3 aromatic carbocycles. The molecule has 3 atom stereocenters. The highest BCUT2D eigenvalue weighted by atomic mass is 79.9. The maximum absolute atomic E-state index is 13.2. The van der Waals surface area contributed by atoms with Gasteiger partial charge in [0.05, 0.1) is 34.3 Å². The minimum Gasteiger partial charge on any atom is -0.454 e. The van der Waals surface area contributed by atoms with Crippen LogP contribution in [-0.2, 0) is 14.3 Å². The normalized spacial score (nSPS) is 19.9. The van der Waals surface area contributed by atoms with E-state index in [1.807, 2.05) is 31.2 Å². The molecule has 7 nitrogen and oxygen atoms in total. The molecular formula is C33H25BrN2O5. The van der Waals surface area contributed by atoms with Gasteiger partial charge in [0, 0.05) is 21.0 Å². The lowest BCUT2D eigenvalue weighted by atomic mass is 9.78. The molecule has 2 amide bonds. The van der Waals surface area contributed by atoms with Crippen molar-refractivity contribution in [2.45, 2.75) is 13.3 Å². The van der Waals surface area contributed by atoms with Crippen LogP contribution in [-0.4, -0.2) is 35.2 Å². The Bertz CT molecular complexity index is 1730. The number of Topliss-reactive ketones (excluding diaryl/α,β-unsaturated/α-hetero) is 1. The van der Waals surface area contributed by atoms with Crippen LogP contribution in [0.15, 0.2) is 95.5 Å². The molecule has 41 heavy (non-hydrogen) atoms. The van der Waals surface area contributed by atoms with Crippen LogP contribution in [0.25, 0.3) is 22.2 Å². The molecule has 6 rings (SSSR count). The van der Waals surface area contributed by atoms with Gasteiger partial charge in [0.1, 0.15) is 0 Å². The molecule has 204 valence electrons. The first-order chi connectivity index (χ1) is 19.8. The first-order valence-electron chi connectivity index (χ1n) is 13.3. The van der Waals surface area contributed by atoms with Gasteiger partial charge in [-0.15, -0.1) is 0 Å². The fourth-order valence-corrected chi connectivity index (χ4v) is 5.98. The van der Waals surface area contributed by atoms with Crippen LogP contribution in [0.1, 0.15) is 34.1 Å². The molecule has 1 fully saturated rings. The lowest BCUT2D eigenvalue weighted by Gasteiger charge is -2.22. The molecule has 1 saturated heterocycles. The fraction of sp³-hybridized carbons (Fsp3) is 0.182. The van der Waals surface area contributed by atoms with Gasteiger partial charge in [0.15, 0.2) is 12.4 Å². The molecule has 0 N–H and O–H groups in total. The summed E-state index contributed by atoms with van der Waals surface area (Å²) in [7, 11) is 0. The molecule has 2 aliphatic rings. The number of ether oxygens (including phenoxy) is 1. The van der Waals surface area contributed by atoms with Gasteiger partial charge in [0.2, 0.25) is 11.8 Å². The van der Waals surface area contributed by atoms with Gasteiger partial charge in [-0.05, 0) is 48.7 Å². The number of carbonyl (C=O) groups excluding carboxylic acids is 4. The van der Waals surface area contributed by atoms with Gasteiger partial charge in [-0.1, -0.05) is 77.5 Å². The molecule has 0 saturated carbocycles. The van der Waals surface area contributed by atoms with Crippen LogP contribution < -0.4 is 4.90 Å². The fourth-order valence-electron chi connectivity index (χ4n) is 5.61. The van der Waals surface area contributed by atoms with E-state index in [1.54, 1.807) is 66.7 Å². The second-order valence-electron chi connectivity index (χ2n) is 10.3. The summed E-state index contributed by atoms with van der Waals surface area (Å²) in [6, 6.07) is 22.7. The number of pyridine rings is 1. The zero-order valence-corrected chi connectivity index (χ0v) is 23.7. The number of nitrogens with zero attached hydrogens (tertiary/aromatic N) is 2. The van der Waals surface area contributed by atoms with E-state index in [0.29, 0.717) is 39.8 Å². The van der Waals surface area contributed by atoms with Crippen molar-refractivity contribution in [3.63, 3.8) is 0 Å². The van der Waals surface area contributed by atoms with Gasteiger partial charge >= 0.3 is 5.97 Å². The molecule has 0 radical (unpaired) electrons. The van der Waals surface area contributed by atoms with Crippen LogP contribution in [0.5, 0.6) is 0 Å². The van der Waals surface area contributed by atoms with Gasteiger partial charge in [-0.25, -0.2) is 9.78 Å². The standard InChI is InChI=1S/C33H25BrN2O5/c1-19-6-5-9-24-30(19)32(39)36(31(24)38)23-13-10-20(11-14-23)28-17-26(25-16-22(34)12-15-27(25)35-28)33(40)41-18-29(37)21-7-3-2-4-8-21/h2-8,10-17,19,24,30H,9,18H2,1H3/t19-,24-,30+/m1/s1. The Morgan fingerprint density at radius 1 is 0.976 bits per heavy atom. The van der Waals surface area contributed by atoms with Crippen LogP contribution >= 0.6 is 15.9 Å². The molecule has 0 bridgehead atoms. The number of hydrogen-bond donors (Lipinski definition) is 0. The molecule has 1 aliphatic heterocycles. The molecule has 1 aromatic heterocycles. The Labute approximate surface area is 245 Å². The lowest BCUT2D eigenvalue weighted by molar-refractivity contribution is -0.122. The van der Waals surface area contributed by atoms with Crippen LogP contribution in [0.4, 0.5) is 5.69 Å². The Kier molecular flexibility index (Phi) is 7.09. The summed E-state index contributed by atoms with van der Waals surface area (Å²) in [5.74, 6) is -1.94. The van der Waals surface area contributed by atoms with E-state index in [1.165, 1.54) is 4.90 Å². The summed E-state index contributed by atoms with van der Waals surface area (Å²) in [5.41, 5.74) is 3.02. The molecule has 4 aromatic rings. The summed E-state index contributed by atoms with van der Waals surface area (Å²) in [5, 5.41) is 0.579. The van der Waals surface area contributed by atoms with Crippen molar-refractivity contribution in [2.75, 3.05) is 11.5 Å². The Morgan fingerprint density at radius 3 is 2.46 bits per heavy atom. The summed E-state index contributed by atoms with van der Waals surface area (Å²) in [6.07, 6.45) is 4.55. The highest BCUT2D eigenvalue weighted by Gasteiger charge is 2.50. The Hall–Kier alpha value is -4.43. The van der Waals surface area contributed by atoms with E-state index in [0.717, 1.165) is 4.47 Å². The van der Waals surface area contributed by atoms with Crippen molar-refractivity contribution in [1.82, 2.24) is 4.98 Å². The van der Waals surface area contributed by atoms with Crippen LogP contribution in [0.3, 0.4) is 0 Å². The number of anilines is 1. The van der Waals surface area contributed by atoms with Gasteiger partial charge in [-0.3, -0.25) is 19.3 Å². The van der Waals surface area contributed by atoms with Crippen molar-refractivity contribution in [3.05, 3.63) is 107 Å². The number of fused-ring (bicyclic) bond motifs is 2. The van der Waals surface area contributed by atoms with E-state index in [4.69, 9.17) is 9.72 Å². The number of imide groups is 1. The first-order valence-corrected chi connectivity index (χ1v) is 14.1. The minimum atomic E-state index is -0.642. The SMILES string of the molecule is C[C@@H]1C=CC[C@H]2C(=O)N(c3ccc(-c4cc(C(=O)OCC(=O)c5ccccc5)c5cc(Br)ccc5n4)cc3)C(=O)[C@@H]12. The van der Waals surface area contributed by atoms with Gasteiger partial charge < -0.3 is 4.74 Å². The molecule has 1 aliphatic carbocycles. The van der Waals surface area contributed by atoms with Crippen LogP contribution in [0, 0.1) is 17.8 Å². The van der Waals surface area contributed by atoms with Crippen molar-refractivity contribution < 1.29 is 23.9 Å². The minimum absolute atomic E-state index is 0.0115. The third-order valence-corrected chi connectivity index (χ3v) is 8.21. The maximum Gasteiger partial charge on any atom is 0.339 e. The smallest absolute Gasteiger partial charge is 0.339 e. The van der Waals surface area contributed by atoms with Crippen LogP contribution in [0.2, 0.25) is 0 Å². The third kappa shape index (κ3) is 5.00. The predicted molar refractivity (Wildman–Crippen MR) is 158 cm³/mol. The number of allylic oxidation sites excluding steroid dienone is 2. The molecule has 2 heterocycles. The number of carbonyl (C=O) groups is 4. The number of ketones is 1. The van der Waals surface area contributed by atoms with Gasteiger partial charge in [-0.2, -0.15) is 0 Å². The Morgan fingerprint density at radius 2 is 1.73 bits per heavy atom. The zero-order valence-electron chi connectivity index (χ0n) is 22.1. The largest absolute Gasteiger partial charge is 0.454 e. The highest BCUT2D eigenvalue weighted by Crippen LogP contribution is 2.40. The molecule has 0 unspecified atom stereocenters. The van der Waals surface area contributed by atoms with Crippen molar-refractivity contribution >= 4 is 56.1 Å². The topological polar surface area (TPSA) is 93.6 Å². The average Bonchev–Trinajstić information content (AvgIpc) is 3.25. The van der Waals surface area contributed by atoms with Crippen molar-refractivity contribution in [3.8, 4) is 11.3 Å². The maximum atomic E-state index is 13.2. The first kappa shape index (κ1) is 26.8. The second-order valence-corrected chi connectivity index (χ2v) is 11.2. The average molecular weight is 609 g/mol. The third-order valence-electron chi connectivity index (χ3n) is 7.71. The quantitative estimate of drug-likeness (QED) is 0.109. The van der Waals surface area contributed by atoms with E-state index in [2.05, 4.69) is 15.9 Å². The second kappa shape index (κ2) is 10.9. The number of aromatic nitrogens is 1. The summed E-state index contributed by atoms with van der Waals surface area (Å²) in [4.78, 5) is 58.1. The monoisotopic (exact) mass is 608 g/mol. The summed E-state index contributed by atoms with van der Waals surface area (Å²) in [6.45, 7) is 1.58. The number of benzene rings is 3. The number of amides is 2. The number of esters is 1.